The minimum Gasteiger partial charge on any atom is -0.478 e. The molecule has 1 aromatic heterocycles. The van der Waals surface area contributed by atoms with E-state index in [4.69, 9.17) is 10.4 Å². The molecule has 1 heterocycles. The van der Waals surface area contributed by atoms with E-state index in [2.05, 4.69) is 4.98 Å². The first-order valence-electron chi connectivity index (χ1n) is 6.30. The topological polar surface area (TPSA) is 74.0 Å². The number of hydrogen-bond donors (Lipinski definition) is 1. The molecule has 23 heavy (non-hydrogen) atoms. The lowest BCUT2D eigenvalue weighted by molar-refractivity contribution is -0.137. The van der Waals surface area contributed by atoms with Crippen molar-refractivity contribution in [1.82, 2.24) is 4.98 Å². The summed E-state index contributed by atoms with van der Waals surface area (Å²) in [5, 5.41) is 17.9. The van der Waals surface area contributed by atoms with Gasteiger partial charge in [-0.2, -0.15) is 18.4 Å². The van der Waals surface area contributed by atoms with Gasteiger partial charge >= 0.3 is 12.1 Å². The fourth-order valence-electron chi connectivity index (χ4n) is 1.77. The molecule has 7 heteroatoms. The van der Waals surface area contributed by atoms with Crippen molar-refractivity contribution in [3.63, 3.8) is 0 Å². The first-order valence-corrected chi connectivity index (χ1v) is 6.30. The molecule has 0 aliphatic heterocycles. The predicted octanol–water partition coefficient (Wildman–Crippen LogP) is 3.86. The highest BCUT2D eigenvalue weighted by atomic mass is 19.4. The SMILES string of the molecule is N#C/C(=C\c1ccc(C(=O)O)cc1)c1ccc(C(F)(F)F)cn1. The minimum absolute atomic E-state index is 0.0711. The molecular formula is C16H9F3N2O2. The average molecular weight is 318 g/mol. The molecule has 0 atom stereocenters. The van der Waals surface area contributed by atoms with Crippen molar-refractivity contribution in [3.8, 4) is 6.07 Å². The Morgan fingerprint density at radius 3 is 2.26 bits per heavy atom. The monoisotopic (exact) mass is 318 g/mol. The van der Waals surface area contributed by atoms with Gasteiger partial charge < -0.3 is 5.11 Å². The van der Waals surface area contributed by atoms with Gasteiger partial charge in [-0.15, -0.1) is 0 Å². The van der Waals surface area contributed by atoms with Crippen molar-refractivity contribution in [1.29, 1.82) is 5.26 Å². The van der Waals surface area contributed by atoms with Crippen LogP contribution in [0.2, 0.25) is 0 Å². The van der Waals surface area contributed by atoms with E-state index in [9.17, 15) is 18.0 Å². The van der Waals surface area contributed by atoms with Crippen LogP contribution in [0.25, 0.3) is 11.6 Å². The molecule has 0 aliphatic carbocycles. The molecule has 0 bridgehead atoms. The number of carboxylic acid groups (broad SMARTS) is 1. The van der Waals surface area contributed by atoms with Gasteiger partial charge in [-0.25, -0.2) is 4.79 Å². The lowest BCUT2D eigenvalue weighted by Crippen LogP contribution is -2.05. The summed E-state index contributed by atoms with van der Waals surface area (Å²) in [6, 6.07) is 9.54. The molecule has 2 aromatic rings. The number of aromatic carboxylic acids is 1. The Morgan fingerprint density at radius 1 is 1.17 bits per heavy atom. The fraction of sp³-hybridized carbons (Fsp3) is 0.0625. The van der Waals surface area contributed by atoms with E-state index < -0.39 is 17.7 Å². The smallest absolute Gasteiger partial charge is 0.417 e. The third kappa shape index (κ3) is 3.95. The van der Waals surface area contributed by atoms with Crippen LogP contribution in [-0.4, -0.2) is 16.1 Å². The van der Waals surface area contributed by atoms with Crippen molar-refractivity contribution in [2.24, 2.45) is 0 Å². The van der Waals surface area contributed by atoms with E-state index in [1.807, 2.05) is 6.07 Å². The number of carboxylic acids is 1. The third-order valence-corrected chi connectivity index (χ3v) is 2.96. The normalized spacial score (nSPS) is 11.8. The molecule has 0 saturated carbocycles. The van der Waals surface area contributed by atoms with E-state index in [-0.39, 0.29) is 16.8 Å². The molecule has 1 aromatic carbocycles. The second-order valence-corrected chi connectivity index (χ2v) is 4.53. The number of allylic oxidation sites excluding steroid dienone is 1. The quantitative estimate of drug-likeness (QED) is 0.872. The highest BCUT2D eigenvalue weighted by molar-refractivity contribution is 5.90. The number of alkyl halides is 3. The molecular weight excluding hydrogens is 309 g/mol. The van der Waals surface area contributed by atoms with Crippen LogP contribution in [0.3, 0.4) is 0 Å². The van der Waals surface area contributed by atoms with Crippen LogP contribution in [0.1, 0.15) is 27.2 Å². The lowest BCUT2D eigenvalue weighted by Gasteiger charge is -2.06. The number of pyridine rings is 1. The van der Waals surface area contributed by atoms with Gasteiger partial charge in [0.25, 0.3) is 0 Å². The predicted molar refractivity (Wildman–Crippen MR) is 76.1 cm³/mol. The van der Waals surface area contributed by atoms with E-state index >= 15 is 0 Å². The highest BCUT2D eigenvalue weighted by Crippen LogP contribution is 2.29. The Bertz CT molecular complexity index is 786. The zero-order chi connectivity index (χ0) is 17.0. The summed E-state index contributed by atoms with van der Waals surface area (Å²) in [5.74, 6) is -1.08. The second kappa shape index (κ2) is 6.32. The molecule has 0 amide bonds. The number of carbonyl (C=O) groups is 1. The molecule has 116 valence electrons. The summed E-state index contributed by atoms with van der Waals surface area (Å²) in [7, 11) is 0. The number of nitrogens with zero attached hydrogens (tertiary/aromatic N) is 2. The van der Waals surface area contributed by atoms with Gasteiger partial charge in [-0.3, -0.25) is 4.98 Å². The maximum absolute atomic E-state index is 12.5. The molecule has 0 saturated heterocycles. The van der Waals surface area contributed by atoms with Crippen molar-refractivity contribution in [3.05, 3.63) is 65.0 Å². The summed E-state index contributed by atoms with van der Waals surface area (Å²) in [4.78, 5) is 14.4. The summed E-state index contributed by atoms with van der Waals surface area (Å²) in [6.07, 6.45) is -2.41. The lowest BCUT2D eigenvalue weighted by atomic mass is 10.1. The van der Waals surface area contributed by atoms with Gasteiger partial charge in [0.15, 0.2) is 0 Å². The molecule has 4 nitrogen and oxygen atoms in total. The van der Waals surface area contributed by atoms with Crippen molar-refractivity contribution in [2.45, 2.75) is 6.18 Å². The number of nitriles is 1. The van der Waals surface area contributed by atoms with Crippen LogP contribution < -0.4 is 0 Å². The van der Waals surface area contributed by atoms with Crippen LogP contribution in [0.5, 0.6) is 0 Å². The van der Waals surface area contributed by atoms with E-state index in [1.165, 1.54) is 30.3 Å². The largest absolute Gasteiger partial charge is 0.478 e. The fourth-order valence-corrected chi connectivity index (χ4v) is 1.77. The van der Waals surface area contributed by atoms with Gasteiger partial charge in [-0.1, -0.05) is 12.1 Å². The Labute approximate surface area is 129 Å². The number of benzene rings is 1. The van der Waals surface area contributed by atoms with Crippen molar-refractivity contribution < 1.29 is 23.1 Å². The molecule has 0 fully saturated rings. The summed E-state index contributed by atoms with van der Waals surface area (Å²) >= 11 is 0. The van der Waals surface area contributed by atoms with Crippen LogP contribution >= 0.6 is 0 Å². The molecule has 0 spiro atoms. The van der Waals surface area contributed by atoms with Gasteiger partial charge in [0.1, 0.15) is 6.07 Å². The van der Waals surface area contributed by atoms with Gasteiger partial charge in [-0.05, 0) is 35.9 Å². The van der Waals surface area contributed by atoms with Crippen molar-refractivity contribution >= 4 is 17.6 Å². The van der Waals surface area contributed by atoms with E-state index in [0.29, 0.717) is 11.8 Å². The Morgan fingerprint density at radius 2 is 1.83 bits per heavy atom. The standard InChI is InChI=1S/C16H9F3N2O2/c17-16(18,19)13-5-6-14(21-9-13)12(8-20)7-10-1-3-11(4-2-10)15(22)23/h1-7,9H,(H,22,23)/b12-7+. The Balaban J connectivity index is 2.32. The summed E-state index contributed by atoms with van der Waals surface area (Å²) < 4.78 is 37.5. The number of halogens is 3. The molecule has 2 rings (SSSR count). The molecule has 0 aliphatic rings. The van der Waals surface area contributed by atoms with Gasteiger partial charge in [0.2, 0.25) is 0 Å². The summed E-state index contributed by atoms with van der Waals surface area (Å²) in [5.41, 5.74) is -0.101. The maximum atomic E-state index is 12.5. The third-order valence-electron chi connectivity index (χ3n) is 2.96. The average Bonchev–Trinajstić information content (AvgIpc) is 2.52. The van der Waals surface area contributed by atoms with Crippen LogP contribution in [0.15, 0.2) is 42.6 Å². The van der Waals surface area contributed by atoms with E-state index in [1.54, 1.807) is 0 Å². The first kappa shape index (κ1) is 16.2. The summed E-state index contributed by atoms with van der Waals surface area (Å²) in [6.45, 7) is 0. The van der Waals surface area contributed by atoms with Crippen LogP contribution in [0.4, 0.5) is 13.2 Å². The first-order chi connectivity index (χ1) is 10.8. The number of rotatable bonds is 3. The maximum Gasteiger partial charge on any atom is 0.417 e. The van der Waals surface area contributed by atoms with Crippen LogP contribution in [-0.2, 0) is 6.18 Å². The Hall–Kier alpha value is -3.14. The van der Waals surface area contributed by atoms with E-state index in [0.717, 1.165) is 12.1 Å². The van der Waals surface area contributed by atoms with Gasteiger partial charge in [0.05, 0.1) is 22.4 Å². The molecule has 1 N–H and O–H groups in total. The Kier molecular flexibility index (Phi) is 4.46. The van der Waals surface area contributed by atoms with Crippen molar-refractivity contribution in [2.75, 3.05) is 0 Å². The molecule has 0 unspecified atom stereocenters. The zero-order valence-corrected chi connectivity index (χ0v) is 11.5. The number of hydrogen-bond acceptors (Lipinski definition) is 3. The number of aromatic nitrogens is 1. The highest BCUT2D eigenvalue weighted by Gasteiger charge is 2.30. The zero-order valence-electron chi connectivity index (χ0n) is 11.5. The van der Waals surface area contributed by atoms with Gasteiger partial charge in [0, 0.05) is 6.20 Å². The molecule has 0 radical (unpaired) electrons. The minimum atomic E-state index is -4.49. The van der Waals surface area contributed by atoms with Crippen LogP contribution in [0, 0.1) is 11.3 Å². The second-order valence-electron chi connectivity index (χ2n) is 4.53.